The SMILES string of the molecule is CCN(C)C[C@H]1CCN(C(=O)N[C@H](C)Cc2cccc(F)c2)C1. The molecule has 0 aromatic heterocycles. The summed E-state index contributed by atoms with van der Waals surface area (Å²) in [5.74, 6) is 0.327. The van der Waals surface area contributed by atoms with Crippen molar-refractivity contribution in [1.29, 1.82) is 0 Å². The number of carbonyl (C=O) groups is 1. The molecule has 23 heavy (non-hydrogen) atoms. The summed E-state index contributed by atoms with van der Waals surface area (Å²) in [5, 5.41) is 3.03. The Balaban J connectivity index is 1.78. The monoisotopic (exact) mass is 321 g/mol. The van der Waals surface area contributed by atoms with Gasteiger partial charge in [0.1, 0.15) is 5.82 Å². The van der Waals surface area contributed by atoms with Crippen molar-refractivity contribution >= 4 is 6.03 Å². The quantitative estimate of drug-likeness (QED) is 0.874. The highest BCUT2D eigenvalue weighted by molar-refractivity contribution is 5.74. The zero-order valence-electron chi connectivity index (χ0n) is 14.4. The molecule has 1 aromatic rings. The van der Waals surface area contributed by atoms with Crippen LogP contribution >= 0.6 is 0 Å². The van der Waals surface area contributed by atoms with Crippen LogP contribution in [0.25, 0.3) is 0 Å². The molecule has 0 aliphatic carbocycles. The third-order valence-electron chi connectivity index (χ3n) is 4.48. The summed E-state index contributed by atoms with van der Waals surface area (Å²) in [4.78, 5) is 16.5. The Bertz CT molecular complexity index is 523. The van der Waals surface area contributed by atoms with E-state index in [9.17, 15) is 9.18 Å². The van der Waals surface area contributed by atoms with Crippen molar-refractivity contribution in [1.82, 2.24) is 15.1 Å². The van der Waals surface area contributed by atoms with E-state index < -0.39 is 0 Å². The second kappa shape index (κ2) is 8.29. The van der Waals surface area contributed by atoms with Gasteiger partial charge in [0, 0.05) is 25.7 Å². The van der Waals surface area contributed by atoms with Crippen LogP contribution in [0.2, 0.25) is 0 Å². The molecular formula is C18H28FN3O. The van der Waals surface area contributed by atoms with E-state index in [1.54, 1.807) is 6.07 Å². The lowest BCUT2D eigenvalue weighted by molar-refractivity contribution is 0.201. The molecule has 5 heteroatoms. The van der Waals surface area contributed by atoms with Crippen LogP contribution in [0.3, 0.4) is 0 Å². The van der Waals surface area contributed by atoms with Crippen LogP contribution in [0.1, 0.15) is 25.8 Å². The first-order valence-corrected chi connectivity index (χ1v) is 8.46. The number of nitrogens with zero attached hydrogens (tertiary/aromatic N) is 2. The van der Waals surface area contributed by atoms with Crippen LogP contribution in [0.15, 0.2) is 24.3 Å². The molecule has 1 aliphatic heterocycles. The van der Waals surface area contributed by atoms with Gasteiger partial charge in [0.2, 0.25) is 0 Å². The first-order valence-electron chi connectivity index (χ1n) is 8.46. The lowest BCUT2D eigenvalue weighted by Crippen LogP contribution is -2.43. The summed E-state index contributed by atoms with van der Waals surface area (Å²) >= 11 is 0. The van der Waals surface area contributed by atoms with Crippen molar-refractivity contribution in [2.45, 2.75) is 32.7 Å². The minimum Gasteiger partial charge on any atom is -0.335 e. The van der Waals surface area contributed by atoms with Gasteiger partial charge in [0.15, 0.2) is 0 Å². The third kappa shape index (κ3) is 5.50. The minimum absolute atomic E-state index is 0.00412. The first-order chi connectivity index (χ1) is 11.0. The van der Waals surface area contributed by atoms with Gasteiger partial charge in [-0.05, 0) is 57.0 Å². The van der Waals surface area contributed by atoms with E-state index in [1.165, 1.54) is 12.1 Å². The molecule has 4 nitrogen and oxygen atoms in total. The largest absolute Gasteiger partial charge is 0.335 e. The summed E-state index contributed by atoms with van der Waals surface area (Å²) in [6.07, 6.45) is 1.70. The molecule has 0 bridgehead atoms. The van der Waals surface area contributed by atoms with E-state index in [-0.39, 0.29) is 17.9 Å². The number of urea groups is 1. The maximum absolute atomic E-state index is 13.2. The summed E-state index contributed by atoms with van der Waals surface area (Å²) in [6, 6.07) is 6.53. The van der Waals surface area contributed by atoms with Crippen molar-refractivity contribution < 1.29 is 9.18 Å². The molecule has 1 N–H and O–H groups in total. The molecule has 1 aliphatic rings. The number of amides is 2. The average Bonchev–Trinajstić information content (AvgIpc) is 2.95. The lowest BCUT2D eigenvalue weighted by atomic mass is 10.1. The van der Waals surface area contributed by atoms with Crippen LogP contribution < -0.4 is 5.32 Å². The molecule has 2 amide bonds. The second-order valence-corrected chi connectivity index (χ2v) is 6.64. The zero-order valence-corrected chi connectivity index (χ0v) is 14.4. The van der Waals surface area contributed by atoms with Crippen molar-refractivity contribution in [2.24, 2.45) is 5.92 Å². The number of halogens is 1. The van der Waals surface area contributed by atoms with Gasteiger partial charge < -0.3 is 15.1 Å². The van der Waals surface area contributed by atoms with Crippen LogP contribution in [0.4, 0.5) is 9.18 Å². The lowest BCUT2D eigenvalue weighted by Gasteiger charge is -2.22. The third-order valence-corrected chi connectivity index (χ3v) is 4.48. The Morgan fingerprint density at radius 2 is 2.30 bits per heavy atom. The van der Waals surface area contributed by atoms with Gasteiger partial charge >= 0.3 is 6.03 Å². The van der Waals surface area contributed by atoms with Crippen molar-refractivity contribution in [3.8, 4) is 0 Å². The Labute approximate surface area is 138 Å². The van der Waals surface area contributed by atoms with E-state index in [0.717, 1.165) is 38.2 Å². The molecule has 1 saturated heterocycles. The Hall–Kier alpha value is -1.62. The molecule has 1 heterocycles. The molecule has 0 radical (unpaired) electrons. The van der Waals surface area contributed by atoms with E-state index >= 15 is 0 Å². The van der Waals surface area contributed by atoms with Gasteiger partial charge in [0.05, 0.1) is 0 Å². The fourth-order valence-electron chi connectivity index (χ4n) is 3.11. The Kier molecular flexibility index (Phi) is 6.39. The minimum atomic E-state index is -0.233. The first kappa shape index (κ1) is 17.7. The molecule has 0 saturated carbocycles. The Morgan fingerprint density at radius 3 is 3.00 bits per heavy atom. The number of likely N-dealkylation sites (tertiary alicyclic amines) is 1. The fraction of sp³-hybridized carbons (Fsp3) is 0.611. The average molecular weight is 321 g/mol. The number of hydrogen-bond donors (Lipinski definition) is 1. The topological polar surface area (TPSA) is 35.6 Å². The highest BCUT2D eigenvalue weighted by atomic mass is 19.1. The number of carbonyl (C=O) groups excluding carboxylic acids is 1. The summed E-state index contributed by atoms with van der Waals surface area (Å²) < 4.78 is 13.2. The number of nitrogens with one attached hydrogen (secondary N) is 1. The second-order valence-electron chi connectivity index (χ2n) is 6.64. The number of benzene rings is 1. The summed E-state index contributed by atoms with van der Waals surface area (Å²) in [7, 11) is 2.11. The molecule has 0 unspecified atom stereocenters. The van der Waals surface area contributed by atoms with E-state index in [1.807, 2.05) is 17.9 Å². The summed E-state index contributed by atoms with van der Waals surface area (Å²) in [5.41, 5.74) is 0.904. The van der Waals surface area contributed by atoms with Gasteiger partial charge in [-0.2, -0.15) is 0 Å². The molecule has 1 aromatic carbocycles. The maximum Gasteiger partial charge on any atom is 0.317 e. The fourth-order valence-corrected chi connectivity index (χ4v) is 3.11. The molecule has 2 rings (SSSR count). The molecular weight excluding hydrogens is 293 g/mol. The van der Waals surface area contributed by atoms with E-state index in [2.05, 4.69) is 24.2 Å². The van der Waals surface area contributed by atoms with Crippen LogP contribution in [0, 0.1) is 11.7 Å². The predicted molar refractivity (Wildman–Crippen MR) is 90.9 cm³/mol. The molecule has 128 valence electrons. The van der Waals surface area contributed by atoms with Gasteiger partial charge in [0.25, 0.3) is 0 Å². The molecule has 2 atom stereocenters. The van der Waals surface area contributed by atoms with Gasteiger partial charge in [-0.3, -0.25) is 0 Å². The van der Waals surface area contributed by atoms with Gasteiger partial charge in [-0.15, -0.1) is 0 Å². The van der Waals surface area contributed by atoms with Crippen LogP contribution in [0.5, 0.6) is 0 Å². The normalized spacial score (nSPS) is 19.2. The predicted octanol–water partition coefficient (Wildman–Crippen LogP) is 2.74. The van der Waals surface area contributed by atoms with E-state index in [0.29, 0.717) is 12.3 Å². The summed E-state index contributed by atoms with van der Waals surface area (Å²) in [6.45, 7) is 7.82. The van der Waals surface area contributed by atoms with Crippen molar-refractivity contribution in [3.63, 3.8) is 0 Å². The van der Waals surface area contributed by atoms with Gasteiger partial charge in [-0.25, -0.2) is 9.18 Å². The molecule has 0 spiro atoms. The number of hydrogen-bond acceptors (Lipinski definition) is 2. The number of rotatable bonds is 6. The zero-order chi connectivity index (χ0) is 16.8. The maximum atomic E-state index is 13.2. The standard InChI is InChI=1S/C18H28FN3O/c1-4-21(3)12-16-8-9-22(13-16)18(23)20-14(2)10-15-6-5-7-17(19)11-15/h5-7,11,14,16H,4,8-10,12-13H2,1-3H3,(H,20,23)/t14-,16-/m1/s1. The highest BCUT2D eigenvalue weighted by Gasteiger charge is 2.27. The van der Waals surface area contributed by atoms with Crippen molar-refractivity contribution in [3.05, 3.63) is 35.6 Å². The van der Waals surface area contributed by atoms with Gasteiger partial charge in [-0.1, -0.05) is 19.1 Å². The van der Waals surface area contributed by atoms with Crippen LogP contribution in [-0.4, -0.2) is 55.1 Å². The van der Waals surface area contributed by atoms with Crippen molar-refractivity contribution in [2.75, 3.05) is 33.2 Å². The smallest absolute Gasteiger partial charge is 0.317 e. The molecule has 1 fully saturated rings. The van der Waals surface area contributed by atoms with Crippen LogP contribution in [-0.2, 0) is 6.42 Å². The van der Waals surface area contributed by atoms with E-state index in [4.69, 9.17) is 0 Å². The highest BCUT2D eigenvalue weighted by Crippen LogP contribution is 2.17. The Morgan fingerprint density at radius 1 is 1.52 bits per heavy atom.